The molecule has 1 aromatic carbocycles. The quantitative estimate of drug-likeness (QED) is 0.895. The van der Waals surface area contributed by atoms with E-state index in [9.17, 15) is 14.7 Å². The molecule has 1 saturated heterocycles. The Morgan fingerprint density at radius 1 is 1.33 bits per heavy atom. The maximum Gasteiger partial charge on any atom is 0.321 e. The standard InChI is InChI=1S/C16H22N2O3/c1-3-12-7-5-6-8-13(12)17-15(21)18-10-9-16(4-2,11-18)14(19)20/h5-8H,3-4,9-11H2,1-2H3,(H,17,21)(H,19,20). The van der Waals surface area contributed by atoms with Crippen LogP contribution in [0.25, 0.3) is 0 Å². The van der Waals surface area contributed by atoms with Gasteiger partial charge in [0.25, 0.3) is 0 Å². The predicted molar refractivity (Wildman–Crippen MR) is 81.4 cm³/mol. The minimum atomic E-state index is -0.811. The molecular formula is C16H22N2O3. The molecule has 1 atom stereocenters. The van der Waals surface area contributed by atoms with Gasteiger partial charge in [0, 0.05) is 18.8 Å². The molecular weight excluding hydrogens is 268 g/mol. The number of para-hydroxylation sites is 1. The van der Waals surface area contributed by atoms with Gasteiger partial charge in [0.2, 0.25) is 0 Å². The van der Waals surface area contributed by atoms with Crippen LogP contribution in [0, 0.1) is 5.41 Å². The van der Waals surface area contributed by atoms with Crippen LogP contribution in [0.5, 0.6) is 0 Å². The zero-order valence-electron chi connectivity index (χ0n) is 12.6. The largest absolute Gasteiger partial charge is 0.481 e. The SMILES string of the molecule is CCc1ccccc1NC(=O)N1CCC(CC)(C(=O)O)C1. The Hall–Kier alpha value is -2.04. The van der Waals surface area contributed by atoms with Gasteiger partial charge in [-0.25, -0.2) is 4.79 Å². The summed E-state index contributed by atoms with van der Waals surface area (Å²) in [5.74, 6) is -0.811. The first-order valence-electron chi connectivity index (χ1n) is 7.39. The van der Waals surface area contributed by atoms with Crippen LogP contribution in [0.3, 0.4) is 0 Å². The molecule has 1 aliphatic rings. The molecule has 1 aromatic rings. The highest BCUT2D eigenvalue weighted by Gasteiger charge is 2.44. The number of hydrogen-bond acceptors (Lipinski definition) is 2. The molecule has 5 nitrogen and oxygen atoms in total. The summed E-state index contributed by atoms with van der Waals surface area (Å²) in [5, 5.41) is 12.3. The Kier molecular flexibility index (Phi) is 4.50. The summed E-state index contributed by atoms with van der Waals surface area (Å²) in [7, 11) is 0. The Morgan fingerprint density at radius 3 is 2.62 bits per heavy atom. The van der Waals surface area contributed by atoms with Crippen LogP contribution >= 0.6 is 0 Å². The number of carboxylic acid groups (broad SMARTS) is 1. The van der Waals surface area contributed by atoms with Crippen molar-refractivity contribution in [3.8, 4) is 0 Å². The van der Waals surface area contributed by atoms with Gasteiger partial charge in [0.05, 0.1) is 5.41 Å². The lowest BCUT2D eigenvalue weighted by Crippen LogP contribution is -2.38. The smallest absolute Gasteiger partial charge is 0.321 e. The maximum absolute atomic E-state index is 12.3. The number of benzene rings is 1. The number of aryl methyl sites for hydroxylation is 1. The number of aliphatic carboxylic acids is 1. The van der Waals surface area contributed by atoms with E-state index in [0.29, 0.717) is 19.4 Å². The van der Waals surface area contributed by atoms with Crippen molar-refractivity contribution in [3.63, 3.8) is 0 Å². The van der Waals surface area contributed by atoms with E-state index in [2.05, 4.69) is 5.32 Å². The number of hydrogen-bond donors (Lipinski definition) is 2. The van der Waals surface area contributed by atoms with Crippen molar-refractivity contribution >= 4 is 17.7 Å². The molecule has 0 bridgehead atoms. The van der Waals surface area contributed by atoms with Crippen LogP contribution in [0.2, 0.25) is 0 Å². The van der Waals surface area contributed by atoms with E-state index in [4.69, 9.17) is 0 Å². The van der Waals surface area contributed by atoms with Gasteiger partial charge in [-0.3, -0.25) is 4.79 Å². The number of carbonyl (C=O) groups excluding carboxylic acids is 1. The third kappa shape index (κ3) is 3.01. The number of urea groups is 1. The highest BCUT2D eigenvalue weighted by atomic mass is 16.4. The van der Waals surface area contributed by atoms with Crippen molar-refractivity contribution < 1.29 is 14.7 Å². The lowest BCUT2D eigenvalue weighted by atomic mass is 9.84. The van der Waals surface area contributed by atoms with Crippen molar-refractivity contribution in [2.45, 2.75) is 33.1 Å². The van der Waals surface area contributed by atoms with Crippen molar-refractivity contribution in [2.75, 3.05) is 18.4 Å². The second-order valence-corrected chi connectivity index (χ2v) is 5.55. The molecule has 2 amide bonds. The fourth-order valence-corrected chi connectivity index (χ4v) is 2.80. The first-order valence-corrected chi connectivity index (χ1v) is 7.39. The van der Waals surface area contributed by atoms with Gasteiger partial charge in [0.1, 0.15) is 0 Å². The summed E-state index contributed by atoms with van der Waals surface area (Å²) < 4.78 is 0. The van der Waals surface area contributed by atoms with E-state index in [1.54, 1.807) is 4.90 Å². The van der Waals surface area contributed by atoms with Crippen molar-refractivity contribution in [1.82, 2.24) is 4.90 Å². The van der Waals surface area contributed by atoms with Gasteiger partial charge in [-0.05, 0) is 30.9 Å². The van der Waals surface area contributed by atoms with Gasteiger partial charge in [0.15, 0.2) is 0 Å². The van der Waals surface area contributed by atoms with Crippen LogP contribution < -0.4 is 5.32 Å². The minimum absolute atomic E-state index is 0.215. The van der Waals surface area contributed by atoms with Gasteiger partial charge < -0.3 is 15.3 Å². The molecule has 0 saturated carbocycles. The first kappa shape index (κ1) is 15.4. The lowest BCUT2D eigenvalue weighted by molar-refractivity contribution is -0.148. The molecule has 0 radical (unpaired) electrons. The van der Waals surface area contributed by atoms with Gasteiger partial charge in [-0.15, -0.1) is 0 Å². The highest BCUT2D eigenvalue weighted by Crippen LogP contribution is 2.34. The third-order valence-corrected chi connectivity index (χ3v) is 4.41. The van der Waals surface area contributed by atoms with Crippen LogP contribution in [0.4, 0.5) is 10.5 Å². The average molecular weight is 290 g/mol. The number of amides is 2. The zero-order chi connectivity index (χ0) is 15.5. The lowest BCUT2D eigenvalue weighted by Gasteiger charge is -2.23. The third-order valence-electron chi connectivity index (χ3n) is 4.41. The molecule has 2 N–H and O–H groups in total. The van der Waals surface area contributed by atoms with E-state index in [1.165, 1.54) is 0 Å². The number of anilines is 1. The summed E-state index contributed by atoms with van der Waals surface area (Å²) in [6, 6.07) is 7.46. The Balaban J connectivity index is 2.07. The van der Waals surface area contributed by atoms with Crippen LogP contribution in [0.1, 0.15) is 32.3 Å². The summed E-state index contributed by atoms with van der Waals surface area (Å²) in [6.07, 6.45) is 1.89. The molecule has 1 aliphatic heterocycles. The maximum atomic E-state index is 12.3. The van der Waals surface area contributed by atoms with Gasteiger partial charge >= 0.3 is 12.0 Å². The second kappa shape index (κ2) is 6.16. The Labute approximate surface area is 125 Å². The minimum Gasteiger partial charge on any atom is -0.481 e. The number of nitrogens with one attached hydrogen (secondary N) is 1. The van der Waals surface area contributed by atoms with Gasteiger partial charge in [-0.1, -0.05) is 32.0 Å². The van der Waals surface area contributed by atoms with E-state index in [1.807, 2.05) is 38.1 Å². The summed E-state index contributed by atoms with van der Waals surface area (Å²) in [6.45, 7) is 4.66. The molecule has 114 valence electrons. The van der Waals surface area contributed by atoms with Crippen molar-refractivity contribution in [2.24, 2.45) is 5.41 Å². The normalized spacial score (nSPS) is 21.3. The molecule has 21 heavy (non-hydrogen) atoms. The summed E-state index contributed by atoms with van der Waals surface area (Å²) >= 11 is 0. The van der Waals surface area contributed by atoms with Gasteiger partial charge in [-0.2, -0.15) is 0 Å². The molecule has 1 unspecified atom stereocenters. The number of rotatable bonds is 4. The second-order valence-electron chi connectivity index (χ2n) is 5.55. The Bertz CT molecular complexity index is 544. The predicted octanol–water partition coefficient (Wildman–Crippen LogP) is 2.97. The average Bonchev–Trinajstić information content (AvgIpc) is 2.94. The number of carbonyl (C=O) groups is 2. The van der Waals surface area contributed by atoms with Crippen LogP contribution in [-0.4, -0.2) is 35.1 Å². The van der Waals surface area contributed by atoms with E-state index in [-0.39, 0.29) is 12.6 Å². The number of nitrogens with zero attached hydrogens (tertiary/aromatic N) is 1. The van der Waals surface area contributed by atoms with Crippen molar-refractivity contribution in [3.05, 3.63) is 29.8 Å². The fraction of sp³-hybridized carbons (Fsp3) is 0.500. The number of likely N-dealkylation sites (tertiary alicyclic amines) is 1. The first-order chi connectivity index (χ1) is 10.0. The van der Waals surface area contributed by atoms with Crippen LogP contribution in [0.15, 0.2) is 24.3 Å². The Morgan fingerprint density at radius 2 is 2.05 bits per heavy atom. The van der Waals surface area contributed by atoms with E-state index < -0.39 is 11.4 Å². The zero-order valence-corrected chi connectivity index (χ0v) is 12.6. The fourth-order valence-electron chi connectivity index (χ4n) is 2.80. The van der Waals surface area contributed by atoms with Crippen LogP contribution in [-0.2, 0) is 11.2 Å². The highest BCUT2D eigenvalue weighted by molar-refractivity contribution is 5.91. The summed E-state index contributed by atoms with van der Waals surface area (Å²) in [5.41, 5.74) is 1.08. The molecule has 0 aromatic heterocycles. The van der Waals surface area contributed by atoms with E-state index in [0.717, 1.165) is 17.7 Å². The monoisotopic (exact) mass is 290 g/mol. The van der Waals surface area contributed by atoms with Crippen molar-refractivity contribution in [1.29, 1.82) is 0 Å². The van der Waals surface area contributed by atoms with E-state index >= 15 is 0 Å². The molecule has 0 aliphatic carbocycles. The molecule has 1 heterocycles. The molecule has 2 rings (SSSR count). The topological polar surface area (TPSA) is 69.6 Å². The molecule has 0 spiro atoms. The summed E-state index contributed by atoms with van der Waals surface area (Å²) in [4.78, 5) is 25.4. The number of carboxylic acids is 1. The molecule has 5 heteroatoms. The molecule has 1 fully saturated rings.